The second-order valence-corrected chi connectivity index (χ2v) is 3.60. The van der Waals surface area contributed by atoms with Gasteiger partial charge in [-0.1, -0.05) is 6.92 Å². The molecule has 0 saturated heterocycles. The Hall–Kier alpha value is -0.120. The molecule has 0 aromatic heterocycles. The molecule has 0 bridgehead atoms. The molecule has 74 valence electrons. The lowest BCUT2D eigenvalue weighted by atomic mass is 9.75. The molecule has 3 nitrogen and oxygen atoms in total. The van der Waals surface area contributed by atoms with Crippen molar-refractivity contribution in [2.45, 2.75) is 46.0 Å². The van der Waals surface area contributed by atoms with Crippen molar-refractivity contribution in [3.05, 3.63) is 0 Å². The highest BCUT2D eigenvalue weighted by atomic mass is 16.5. The molecule has 0 spiro atoms. The Morgan fingerprint density at radius 1 is 1.08 bits per heavy atom. The van der Waals surface area contributed by atoms with Gasteiger partial charge >= 0.3 is 0 Å². The van der Waals surface area contributed by atoms with Crippen molar-refractivity contribution < 1.29 is 14.9 Å². The van der Waals surface area contributed by atoms with Crippen molar-refractivity contribution in [3.63, 3.8) is 0 Å². The van der Waals surface area contributed by atoms with Crippen molar-refractivity contribution in [2.75, 3.05) is 7.11 Å². The zero-order valence-corrected chi connectivity index (χ0v) is 8.53. The van der Waals surface area contributed by atoms with Crippen LogP contribution in [0.5, 0.6) is 0 Å². The number of ether oxygens (including phenoxy) is 1. The Balaban J connectivity index is 4.61. The fourth-order valence-corrected chi connectivity index (χ4v) is 1.28. The van der Waals surface area contributed by atoms with E-state index in [-0.39, 0.29) is 6.10 Å². The summed E-state index contributed by atoms with van der Waals surface area (Å²) >= 11 is 0. The standard InChI is InChI=1S/C9H20O3/c1-6(10)9(4,7(2)11)8(3)12-5/h6-8,10-11H,1-5H3. The van der Waals surface area contributed by atoms with Crippen molar-refractivity contribution in [2.24, 2.45) is 5.41 Å². The molecule has 0 aliphatic heterocycles. The molecule has 0 aliphatic rings. The molecule has 0 rings (SSSR count). The molecule has 0 fully saturated rings. The van der Waals surface area contributed by atoms with Gasteiger partial charge in [-0.2, -0.15) is 0 Å². The Morgan fingerprint density at radius 2 is 1.42 bits per heavy atom. The molecular weight excluding hydrogens is 156 g/mol. The molecule has 0 amide bonds. The van der Waals surface area contributed by atoms with E-state index in [0.29, 0.717) is 0 Å². The normalized spacial score (nSPS) is 24.2. The Morgan fingerprint density at radius 3 is 1.50 bits per heavy atom. The topological polar surface area (TPSA) is 49.7 Å². The van der Waals surface area contributed by atoms with Crippen molar-refractivity contribution >= 4 is 0 Å². The third-order valence-electron chi connectivity index (χ3n) is 3.03. The van der Waals surface area contributed by atoms with Gasteiger partial charge < -0.3 is 14.9 Å². The fraction of sp³-hybridized carbons (Fsp3) is 1.00. The van der Waals surface area contributed by atoms with Gasteiger partial charge in [-0.05, 0) is 20.8 Å². The summed E-state index contributed by atoms with van der Waals surface area (Å²) in [6, 6.07) is 0. The van der Waals surface area contributed by atoms with Crippen LogP contribution >= 0.6 is 0 Å². The molecule has 0 saturated carbocycles. The third-order valence-corrected chi connectivity index (χ3v) is 3.03. The van der Waals surface area contributed by atoms with Crippen LogP contribution in [0.1, 0.15) is 27.7 Å². The van der Waals surface area contributed by atoms with Crippen molar-refractivity contribution in [3.8, 4) is 0 Å². The van der Waals surface area contributed by atoms with Crippen LogP contribution in [0.3, 0.4) is 0 Å². The van der Waals surface area contributed by atoms with Crippen LogP contribution in [-0.2, 0) is 4.74 Å². The van der Waals surface area contributed by atoms with Crippen molar-refractivity contribution in [1.82, 2.24) is 0 Å². The van der Waals surface area contributed by atoms with Crippen LogP contribution in [0.25, 0.3) is 0 Å². The lowest BCUT2D eigenvalue weighted by molar-refractivity contribution is -0.121. The predicted octanol–water partition coefficient (Wildman–Crippen LogP) is 0.789. The Kier molecular flexibility index (Phi) is 4.17. The number of aliphatic hydroxyl groups is 2. The van der Waals surface area contributed by atoms with Gasteiger partial charge in [-0.15, -0.1) is 0 Å². The number of hydrogen-bond acceptors (Lipinski definition) is 3. The van der Waals surface area contributed by atoms with Crippen LogP contribution in [0.4, 0.5) is 0 Å². The molecule has 0 radical (unpaired) electrons. The predicted molar refractivity (Wildman–Crippen MR) is 47.9 cm³/mol. The summed E-state index contributed by atoms with van der Waals surface area (Å²) in [4.78, 5) is 0. The molecule has 0 aromatic carbocycles. The minimum atomic E-state index is -0.602. The maximum absolute atomic E-state index is 9.50. The van der Waals surface area contributed by atoms with Crippen LogP contribution in [-0.4, -0.2) is 35.6 Å². The summed E-state index contributed by atoms with van der Waals surface area (Å²) in [6.45, 7) is 7.00. The molecular formula is C9H20O3. The van der Waals surface area contributed by atoms with Gasteiger partial charge in [0.05, 0.1) is 18.3 Å². The summed E-state index contributed by atoms with van der Waals surface area (Å²) < 4.78 is 5.12. The monoisotopic (exact) mass is 176 g/mol. The smallest absolute Gasteiger partial charge is 0.0646 e. The van der Waals surface area contributed by atoms with Crippen LogP contribution < -0.4 is 0 Å². The largest absolute Gasteiger partial charge is 0.393 e. The first-order valence-electron chi connectivity index (χ1n) is 4.26. The summed E-state index contributed by atoms with van der Waals surface area (Å²) in [7, 11) is 1.58. The highest BCUT2D eigenvalue weighted by Crippen LogP contribution is 2.31. The quantitative estimate of drug-likeness (QED) is 0.666. The van der Waals surface area contributed by atoms with E-state index in [1.165, 1.54) is 0 Å². The van der Waals surface area contributed by atoms with Gasteiger partial charge in [-0.3, -0.25) is 0 Å². The summed E-state index contributed by atoms with van der Waals surface area (Å²) in [5.41, 5.74) is -0.602. The van der Waals surface area contributed by atoms with E-state index in [1.54, 1.807) is 21.0 Å². The molecule has 3 atom stereocenters. The zero-order chi connectivity index (χ0) is 9.94. The number of aliphatic hydroxyl groups excluding tert-OH is 2. The minimum Gasteiger partial charge on any atom is -0.393 e. The van der Waals surface area contributed by atoms with Crippen molar-refractivity contribution in [1.29, 1.82) is 0 Å². The molecule has 2 N–H and O–H groups in total. The minimum absolute atomic E-state index is 0.169. The molecule has 0 aliphatic carbocycles. The van der Waals surface area contributed by atoms with Gasteiger partial charge in [0.15, 0.2) is 0 Å². The zero-order valence-electron chi connectivity index (χ0n) is 8.53. The lowest BCUT2D eigenvalue weighted by Crippen LogP contribution is -2.48. The summed E-state index contributed by atoms with van der Waals surface area (Å²) in [6.07, 6.45) is -1.35. The number of hydrogen-bond donors (Lipinski definition) is 2. The molecule has 12 heavy (non-hydrogen) atoms. The molecule has 3 heteroatoms. The Bertz CT molecular complexity index is 124. The Labute approximate surface area is 74.4 Å². The number of rotatable bonds is 4. The van der Waals surface area contributed by atoms with Gasteiger partial charge in [0.2, 0.25) is 0 Å². The van der Waals surface area contributed by atoms with E-state index in [2.05, 4.69) is 0 Å². The van der Waals surface area contributed by atoms with E-state index in [9.17, 15) is 10.2 Å². The van der Waals surface area contributed by atoms with E-state index in [0.717, 1.165) is 0 Å². The first-order valence-corrected chi connectivity index (χ1v) is 4.26. The molecule has 0 aromatic rings. The maximum atomic E-state index is 9.50. The average Bonchev–Trinajstić information content (AvgIpc) is 2.00. The third kappa shape index (κ3) is 1.97. The SMILES string of the molecule is COC(C)C(C)(C(C)O)C(C)O. The molecule has 0 heterocycles. The van der Waals surface area contributed by atoms with E-state index < -0.39 is 17.6 Å². The number of methoxy groups -OCH3 is 1. The van der Waals surface area contributed by atoms with Gasteiger partial charge in [0.1, 0.15) is 0 Å². The fourth-order valence-electron chi connectivity index (χ4n) is 1.28. The van der Waals surface area contributed by atoms with Gasteiger partial charge in [-0.25, -0.2) is 0 Å². The van der Waals surface area contributed by atoms with Crippen LogP contribution in [0.2, 0.25) is 0 Å². The molecule has 3 unspecified atom stereocenters. The van der Waals surface area contributed by atoms with Crippen LogP contribution in [0.15, 0.2) is 0 Å². The first-order chi connectivity index (χ1) is 5.37. The van der Waals surface area contributed by atoms with Gasteiger partial charge in [0, 0.05) is 12.5 Å². The summed E-state index contributed by atoms with van der Waals surface area (Å²) in [5.74, 6) is 0. The highest BCUT2D eigenvalue weighted by Gasteiger charge is 2.40. The van der Waals surface area contributed by atoms with E-state index >= 15 is 0 Å². The average molecular weight is 176 g/mol. The second-order valence-electron chi connectivity index (χ2n) is 3.60. The van der Waals surface area contributed by atoms with Crippen LogP contribution in [0, 0.1) is 5.41 Å². The second kappa shape index (κ2) is 4.21. The van der Waals surface area contributed by atoms with E-state index in [4.69, 9.17) is 4.74 Å². The lowest BCUT2D eigenvalue weighted by Gasteiger charge is -2.39. The highest BCUT2D eigenvalue weighted by molar-refractivity contribution is 4.89. The summed E-state index contributed by atoms with van der Waals surface area (Å²) in [5, 5.41) is 19.0. The first kappa shape index (κ1) is 11.9. The maximum Gasteiger partial charge on any atom is 0.0646 e. The van der Waals surface area contributed by atoms with Gasteiger partial charge in [0.25, 0.3) is 0 Å². The van der Waals surface area contributed by atoms with E-state index in [1.807, 2.05) is 13.8 Å².